The third kappa shape index (κ3) is 4.24. The van der Waals surface area contributed by atoms with Crippen molar-refractivity contribution >= 4 is 70.1 Å². The molecular weight excluding hydrogens is 611 g/mol. The Labute approximate surface area is 290 Å². The van der Waals surface area contributed by atoms with Gasteiger partial charge in [-0.25, -0.2) is 0 Å². The minimum atomic E-state index is -0.0478. The molecule has 0 saturated carbocycles. The Morgan fingerprint density at radius 2 is 1.16 bits per heavy atom. The number of benzene rings is 8. The molecule has 232 valence electrons. The standard InChI is InChI=1S/C47H33NS/c1-47(2)41-21-10-8-17-35(41)40-29-34(24-26-42(40)47)48(33-16-12-15-31(27-33)30-13-4-3-5-14-30)43-28-32-23-25-39-37-19-9-11-22-44(37)49-46(39)45(32)38-20-7-6-18-36(38)43/h3-29H,1-2H3. The monoisotopic (exact) mass is 643 g/mol. The predicted molar refractivity (Wildman–Crippen MR) is 212 cm³/mol. The molecule has 8 aromatic carbocycles. The van der Waals surface area contributed by atoms with Crippen LogP contribution in [0, 0.1) is 0 Å². The van der Waals surface area contributed by atoms with Crippen LogP contribution in [0.25, 0.3) is 64.0 Å². The summed E-state index contributed by atoms with van der Waals surface area (Å²) in [5, 5.41) is 7.78. The number of hydrogen-bond acceptors (Lipinski definition) is 2. The maximum Gasteiger partial charge on any atom is 0.0546 e. The van der Waals surface area contributed by atoms with Crippen molar-refractivity contribution in [3.05, 3.63) is 175 Å². The van der Waals surface area contributed by atoms with E-state index < -0.39 is 0 Å². The molecule has 0 bridgehead atoms. The zero-order valence-electron chi connectivity index (χ0n) is 27.4. The van der Waals surface area contributed by atoms with Crippen LogP contribution in [-0.4, -0.2) is 0 Å². The molecule has 49 heavy (non-hydrogen) atoms. The topological polar surface area (TPSA) is 3.24 Å². The van der Waals surface area contributed by atoms with Gasteiger partial charge in [-0.15, -0.1) is 11.3 Å². The molecule has 0 saturated heterocycles. The van der Waals surface area contributed by atoms with Gasteiger partial charge in [0.2, 0.25) is 0 Å². The number of hydrogen-bond donors (Lipinski definition) is 0. The second-order valence-electron chi connectivity index (χ2n) is 13.7. The molecule has 9 aromatic rings. The molecule has 1 aliphatic rings. The van der Waals surface area contributed by atoms with Gasteiger partial charge in [-0.1, -0.05) is 141 Å². The van der Waals surface area contributed by atoms with Gasteiger partial charge in [-0.05, 0) is 80.6 Å². The Bertz CT molecular complexity index is 2750. The molecule has 0 atom stereocenters. The molecule has 1 aliphatic carbocycles. The molecule has 0 N–H and O–H groups in total. The fraction of sp³-hybridized carbons (Fsp3) is 0.0638. The molecule has 0 aliphatic heterocycles. The highest BCUT2D eigenvalue weighted by atomic mass is 32.1. The Morgan fingerprint density at radius 3 is 2.04 bits per heavy atom. The van der Waals surface area contributed by atoms with Gasteiger partial charge in [-0.3, -0.25) is 0 Å². The molecule has 0 spiro atoms. The van der Waals surface area contributed by atoms with E-state index in [0.717, 1.165) is 11.4 Å². The van der Waals surface area contributed by atoms with Crippen molar-refractivity contribution < 1.29 is 0 Å². The maximum absolute atomic E-state index is 2.48. The summed E-state index contributed by atoms with van der Waals surface area (Å²) in [5.41, 5.74) is 11.3. The summed E-state index contributed by atoms with van der Waals surface area (Å²) in [7, 11) is 0. The lowest BCUT2D eigenvalue weighted by molar-refractivity contribution is 0.660. The van der Waals surface area contributed by atoms with Crippen molar-refractivity contribution in [2.45, 2.75) is 19.3 Å². The van der Waals surface area contributed by atoms with Crippen molar-refractivity contribution in [1.82, 2.24) is 0 Å². The highest BCUT2D eigenvalue weighted by Crippen LogP contribution is 2.52. The van der Waals surface area contributed by atoms with Crippen molar-refractivity contribution in [2.24, 2.45) is 0 Å². The number of rotatable bonds is 4. The summed E-state index contributed by atoms with van der Waals surface area (Å²) in [5.74, 6) is 0. The average Bonchev–Trinajstić information content (AvgIpc) is 3.64. The van der Waals surface area contributed by atoms with E-state index in [2.05, 4.69) is 183 Å². The predicted octanol–water partition coefficient (Wildman–Crippen LogP) is 13.8. The van der Waals surface area contributed by atoms with Gasteiger partial charge >= 0.3 is 0 Å². The van der Waals surface area contributed by atoms with E-state index in [9.17, 15) is 0 Å². The third-order valence-electron chi connectivity index (χ3n) is 10.6. The summed E-state index contributed by atoms with van der Waals surface area (Å²) >= 11 is 1.91. The Kier molecular flexibility index (Phi) is 6.16. The maximum atomic E-state index is 2.48. The van der Waals surface area contributed by atoms with Crippen molar-refractivity contribution in [1.29, 1.82) is 0 Å². The molecule has 10 rings (SSSR count). The van der Waals surface area contributed by atoms with E-state index in [-0.39, 0.29) is 5.41 Å². The summed E-state index contributed by atoms with van der Waals surface area (Å²) in [6, 6.07) is 60.6. The summed E-state index contributed by atoms with van der Waals surface area (Å²) in [4.78, 5) is 2.48. The Hall–Kier alpha value is -5.70. The highest BCUT2D eigenvalue weighted by molar-refractivity contribution is 7.26. The van der Waals surface area contributed by atoms with E-state index >= 15 is 0 Å². The van der Waals surface area contributed by atoms with E-state index in [4.69, 9.17) is 0 Å². The first-order valence-corrected chi connectivity index (χ1v) is 17.8. The quantitative estimate of drug-likeness (QED) is 0.173. The molecule has 1 nitrogen and oxygen atoms in total. The van der Waals surface area contributed by atoms with Crippen LogP contribution in [0.4, 0.5) is 17.1 Å². The zero-order valence-corrected chi connectivity index (χ0v) is 28.3. The van der Waals surface area contributed by atoms with Gasteiger partial charge in [0, 0.05) is 47.7 Å². The fourth-order valence-corrected chi connectivity index (χ4v) is 9.54. The lowest BCUT2D eigenvalue weighted by atomic mass is 9.82. The number of thiophene rings is 1. The molecule has 0 unspecified atom stereocenters. The van der Waals surface area contributed by atoms with Crippen LogP contribution in [0.5, 0.6) is 0 Å². The number of nitrogens with zero attached hydrogens (tertiary/aromatic N) is 1. The summed E-state index contributed by atoms with van der Waals surface area (Å²) < 4.78 is 2.69. The van der Waals surface area contributed by atoms with Gasteiger partial charge in [0.25, 0.3) is 0 Å². The highest BCUT2D eigenvalue weighted by Gasteiger charge is 2.35. The summed E-state index contributed by atoms with van der Waals surface area (Å²) in [6.07, 6.45) is 0. The Balaban J connectivity index is 1.27. The third-order valence-corrected chi connectivity index (χ3v) is 11.8. The average molecular weight is 644 g/mol. The van der Waals surface area contributed by atoms with Gasteiger partial charge in [-0.2, -0.15) is 0 Å². The van der Waals surface area contributed by atoms with Crippen LogP contribution in [-0.2, 0) is 5.41 Å². The zero-order chi connectivity index (χ0) is 32.7. The van der Waals surface area contributed by atoms with Crippen LogP contribution in [0.3, 0.4) is 0 Å². The minimum Gasteiger partial charge on any atom is -0.310 e. The van der Waals surface area contributed by atoms with Gasteiger partial charge in [0.15, 0.2) is 0 Å². The molecule has 1 heterocycles. The molecular formula is C47H33NS. The minimum absolute atomic E-state index is 0.0478. The first-order chi connectivity index (χ1) is 24.1. The first-order valence-electron chi connectivity index (χ1n) is 17.0. The fourth-order valence-electron chi connectivity index (χ4n) is 8.27. The van der Waals surface area contributed by atoms with Gasteiger partial charge < -0.3 is 4.90 Å². The van der Waals surface area contributed by atoms with E-state index in [1.54, 1.807) is 0 Å². The lowest BCUT2D eigenvalue weighted by Gasteiger charge is -2.29. The van der Waals surface area contributed by atoms with Crippen LogP contribution in [0.15, 0.2) is 164 Å². The Morgan fingerprint density at radius 1 is 0.469 bits per heavy atom. The molecule has 0 radical (unpaired) electrons. The number of fused-ring (bicyclic) bond motifs is 10. The van der Waals surface area contributed by atoms with Crippen LogP contribution < -0.4 is 4.90 Å². The second kappa shape index (κ2) is 10.7. The molecule has 2 heteroatoms. The van der Waals surface area contributed by atoms with Crippen molar-refractivity contribution in [3.8, 4) is 22.3 Å². The summed E-state index contributed by atoms with van der Waals surface area (Å²) in [6.45, 7) is 4.70. The molecule has 1 aromatic heterocycles. The van der Waals surface area contributed by atoms with Crippen molar-refractivity contribution in [3.63, 3.8) is 0 Å². The van der Waals surface area contributed by atoms with E-state index in [1.165, 1.54) is 80.8 Å². The van der Waals surface area contributed by atoms with Crippen LogP contribution in [0.2, 0.25) is 0 Å². The van der Waals surface area contributed by atoms with Crippen LogP contribution >= 0.6 is 11.3 Å². The lowest BCUT2D eigenvalue weighted by Crippen LogP contribution is -2.15. The van der Waals surface area contributed by atoms with E-state index in [1.807, 2.05) is 11.3 Å². The normalized spacial score (nSPS) is 13.3. The number of anilines is 3. The molecule has 0 fully saturated rings. The van der Waals surface area contributed by atoms with Gasteiger partial charge in [0.05, 0.1) is 5.69 Å². The largest absolute Gasteiger partial charge is 0.310 e. The van der Waals surface area contributed by atoms with Gasteiger partial charge in [0.1, 0.15) is 0 Å². The smallest absolute Gasteiger partial charge is 0.0546 e. The molecule has 0 amide bonds. The second-order valence-corrected chi connectivity index (χ2v) is 14.8. The SMILES string of the molecule is CC1(C)c2ccccc2-c2cc(N(c3cccc(-c4ccccc4)c3)c3cc4ccc5c6ccccc6sc5c4c4ccccc34)ccc21. The van der Waals surface area contributed by atoms with Crippen molar-refractivity contribution in [2.75, 3.05) is 4.90 Å². The van der Waals surface area contributed by atoms with E-state index in [0.29, 0.717) is 0 Å². The van der Waals surface area contributed by atoms with Crippen LogP contribution in [0.1, 0.15) is 25.0 Å². The first kappa shape index (κ1) is 28.3.